The molecule has 7 nitrogen and oxygen atoms in total. The lowest BCUT2D eigenvalue weighted by Gasteiger charge is -2.16. The molecule has 146 valence electrons. The summed E-state index contributed by atoms with van der Waals surface area (Å²) in [4.78, 5) is 25.8. The fraction of sp³-hybridized carbons (Fsp3) is 0.250. The number of amides is 1. The number of ether oxygens (including phenoxy) is 1. The number of anilines is 1. The van der Waals surface area contributed by atoms with Gasteiger partial charge >= 0.3 is 5.97 Å². The zero-order valence-electron chi connectivity index (χ0n) is 15.5. The fourth-order valence-electron chi connectivity index (χ4n) is 2.45. The number of furan rings is 1. The number of carbonyl (C=O) groups excluding carboxylic acids is 2. The van der Waals surface area contributed by atoms with Crippen molar-refractivity contribution >= 4 is 29.5 Å². The Morgan fingerprint density at radius 1 is 1.25 bits per heavy atom. The predicted octanol–water partition coefficient (Wildman–Crippen LogP) is 4.44. The van der Waals surface area contributed by atoms with Gasteiger partial charge in [0.05, 0.1) is 17.6 Å². The number of nitrogens with one attached hydrogen (secondary N) is 1. The van der Waals surface area contributed by atoms with Gasteiger partial charge in [0.15, 0.2) is 11.9 Å². The minimum absolute atomic E-state index is 0.284. The summed E-state index contributed by atoms with van der Waals surface area (Å²) < 4.78 is 15.7. The molecule has 0 aliphatic rings. The molecule has 0 saturated carbocycles. The summed E-state index contributed by atoms with van der Waals surface area (Å²) in [5, 5.41) is 6.30. The van der Waals surface area contributed by atoms with Crippen LogP contribution in [0.3, 0.4) is 0 Å². The number of aromatic nitrogens is 1. The van der Waals surface area contributed by atoms with Crippen LogP contribution in [0, 0.1) is 6.92 Å². The molecule has 0 saturated heterocycles. The molecular formula is C20H20N2O5S. The van der Waals surface area contributed by atoms with Crippen LogP contribution in [-0.4, -0.2) is 23.1 Å². The van der Waals surface area contributed by atoms with Crippen molar-refractivity contribution in [3.8, 4) is 0 Å². The van der Waals surface area contributed by atoms with Gasteiger partial charge in [-0.25, -0.2) is 4.79 Å². The van der Waals surface area contributed by atoms with Crippen molar-refractivity contribution in [3.63, 3.8) is 0 Å². The summed E-state index contributed by atoms with van der Waals surface area (Å²) in [5.74, 6) is 1.24. The van der Waals surface area contributed by atoms with Crippen LogP contribution in [0.15, 0.2) is 62.6 Å². The maximum Gasteiger partial charge on any atom is 0.340 e. The van der Waals surface area contributed by atoms with E-state index in [1.54, 1.807) is 38.3 Å². The number of esters is 1. The molecule has 0 aliphatic carbocycles. The highest BCUT2D eigenvalue weighted by atomic mass is 32.2. The minimum Gasteiger partial charge on any atom is -0.468 e. The van der Waals surface area contributed by atoms with Crippen LogP contribution >= 0.6 is 11.8 Å². The molecule has 8 heteroatoms. The van der Waals surface area contributed by atoms with Crippen LogP contribution < -0.4 is 5.32 Å². The van der Waals surface area contributed by atoms with Crippen molar-refractivity contribution in [2.24, 2.45) is 0 Å². The van der Waals surface area contributed by atoms with E-state index >= 15 is 0 Å². The molecule has 0 spiro atoms. The van der Waals surface area contributed by atoms with Gasteiger partial charge in [-0.05, 0) is 37.6 Å². The van der Waals surface area contributed by atoms with Gasteiger partial charge in [-0.3, -0.25) is 4.79 Å². The van der Waals surface area contributed by atoms with Crippen LogP contribution in [0.5, 0.6) is 0 Å². The maximum atomic E-state index is 12.7. The van der Waals surface area contributed by atoms with Crippen molar-refractivity contribution in [1.82, 2.24) is 5.16 Å². The molecule has 1 N–H and O–H groups in total. The van der Waals surface area contributed by atoms with Crippen molar-refractivity contribution in [2.45, 2.75) is 37.0 Å². The van der Waals surface area contributed by atoms with Gasteiger partial charge in [-0.2, -0.15) is 0 Å². The molecule has 28 heavy (non-hydrogen) atoms. The summed E-state index contributed by atoms with van der Waals surface area (Å²) in [6.07, 6.45) is 1.00. The Balaban J connectivity index is 1.66. The summed E-state index contributed by atoms with van der Waals surface area (Å²) in [6, 6.07) is 12.4. The van der Waals surface area contributed by atoms with E-state index in [-0.39, 0.29) is 5.82 Å². The molecule has 1 aromatic carbocycles. The second-order valence-electron chi connectivity index (χ2n) is 5.98. The van der Waals surface area contributed by atoms with E-state index in [1.165, 1.54) is 11.8 Å². The molecule has 1 atom stereocenters. The zero-order valence-corrected chi connectivity index (χ0v) is 16.3. The number of aryl methyl sites for hydroxylation is 1. The summed E-state index contributed by atoms with van der Waals surface area (Å²) >= 11 is 1.46. The molecule has 0 radical (unpaired) electrons. The van der Waals surface area contributed by atoms with Gasteiger partial charge < -0.3 is 19.0 Å². The second-order valence-corrected chi connectivity index (χ2v) is 7.00. The minimum atomic E-state index is -0.937. The Labute approximate surface area is 166 Å². The van der Waals surface area contributed by atoms with Crippen molar-refractivity contribution < 1.29 is 23.3 Å². The molecule has 0 aliphatic heterocycles. The van der Waals surface area contributed by atoms with Gasteiger partial charge in [0.2, 0.25) is 0 Å². The Morgan fingerprint density at radius 3 is 2.75 bits per heavy atom. The first-order valence-corrected chi connectivity index (χ1v) is 9.74. The number of nitrogens with zero attached hydrogens (tertiary/aromatic N) is 1. The van der Waals surface area contributed by atoms with Gasteiger partial charge in [0, 0.05) is 11.0 Å². The molecular weight excluding hydrogens is 380 g/mol. The second kappa shape index (κ2) is 9.27. The Kier molecular flexibility index (Phi) is 6.54. The van der Waals surface area contributed by atoms with Gasteiger partial charge in [0.1, 0.15) is 11.5 Å². The van der Waals surface area contributed by atoms with E-state index in [1.807, 2.05) is 24.3 Å². The van der Waals surface area contributed by atoms with Gasteiger partial charge in [0.25, 0.3) is 5.91 Å². The molecule has 0 bridgehead atoms. The van der Waals surface area contributed by atoms with Crippen LogP contribution in [0.25, 0.3) is 0 Å². The topological polar surface area (TPSA) is 94.6 Å². The summed E-state index contributed by atoms with van der Waals surface area (Å²) in [7, 11) is 0. The number of thioether (sulfide) groups is 1. The highest BCUT2D eigenvalue weighted by molar-refractivity contribution is 7.98. The third-order valence-corrected chi connectivity index (χ3v) is 4.94. The van der Waals surface area contributed by atoms with Crippen LogP contribution in [0.4, 0.5) is 5.82 Å². The fourth-order valence-corrected chi connectivity index (χ4v) is 3.40. The Hall–Kier alpha value is -3.00. The van der Waals surface area contributed by atoms with Gasteiger partial charge in [-0.1, -0.05) is 24.2 Å². The quantitative estimate of drug-likeness (QED) is 0.441. The molecule has 3 aromatic rings. The van der Waals surface area contributed by atoms with E-state index < -0.39 is 18.0 Å². The lowest BCUT2D eigenvalue weighted by molar-refractivity contribution is -0.124. The third-order valence-electron chi connectivity index (χ3n) is 3.85. The zero-order chi connectivity index (χ0) is 19.9. The first-order valence-electron chi connectivity index (χ1n) is 8.76. The molecule has 0 fully saturated rings. The van der Waals surface area contributed by atoms with Crippen LogP contribution in [0.1, 0.15) is 35.2 Å². The van der Waals surface area contributed by atoms with Crippen LogP contribution in [-0.2, 0) is 15.3 Å². The highest BCUT2D eigenvalue weighted by Crippen LogP contribution is 2.27. The van der Waals surface area contributed by atoms with E-state index in [0.29, 0.717) is 23.5 Å². The average molecular weight is 400 g/mol. The van der Waals surface area contributed by atoms with Crippen LogP contribution in [0.2, 0.25) is 0 Å². The molecule has 1 amide bonds. The molecule has 2 aromatic heterocycles. The SMILES string of the molecule is CCC(OC(=O)c1ccccc1SCc1ccco1)C(=O)Nc1cc(C)on1. The number of hydrogen-bond donors (Lipinski definition) is 1. The third kappa shape index (κ3) is 5.04. The number of benzene rings is 1. The lowest BCUT2D eigenvalue weighted by atomic mass is 10.2. The predicted molar refractivity (Wildman–Crippen MR) is 104 cm³/mol. The van der Waals surface area contributed by atoms with E-state index in [4.69, 9.17) is 13.7 Å². The Bertz CT molecular complexity index is 936. The standard InChI is InChI=1S/C20H20N2O5S/c1-3-16(19(23)21-18-11-13(2)27-22-18)26-20(24)15-8-4-5-9-17(15)28-12-14-7-6-10-25-14/h4-11,16H,3,12H2,1-2H3,(H,21,22,23). The Morgan fingerprint density at radius 2 is 2.07 bits per heavy atom. The van der Waals surface area contributed by atoms with Crippen molar-refractivity contribution in [2.75, 3.05) is 5.32 Å². The van der Waals surface area contributed by atoms with Crippen molar-refractivity contribution in [3.05, 3.63) is 65.8 Å². The smallest absolute Gasteiger partial charge is 0.340 e. The van der Waals surface area contributed by atoms with Gasteiger partial charge in [-0.15, -0.1) is 11.8 Å². The monoisotopic (exact) mass is 400 g/mol. The van der Waals surface area contributed by atoms with E-state index in [9.17, 15) is 9.59 Å². The number of carbonyl (C=O) groups is 2. The molecule has 2 heterocycles. The lowest BCUT2D eigenvalue weighted by Crippen LogP contribution is -2.32. The highest BCUT2D eigenvalue weighted by Gasteiger charge is 2.24. The summed E-state index contributed by atoms with van der Waals surface area (Å²) in [5.41, 5.74) is 0.405. The number of hydrogen-bond acceptors (Lipinski definition) is 7. The van der Waals surface area contributed by atoms with Crippen molar-refractivity contribution in [1.29, 1.82) is 0 Å². The largest absolute Gasteiger partial charge is 0.468 e. The first kappa shape index (κ1) is 19.8. The molecule has 1 unspecified atom stereocenters. The normalized spacial score (nSPS) is 11.8. The first-order chi connectivity index (χ1) is 13.6. The molecule has 3 rings (SSSR count). The van der Waals surface area contributed by atoms with E-state index in [2.05, 4.69) is 10.5 Å². The summed E-state index contributed by atoms with van der Waals surface area (Å²) in [6.45, 7) is 3.49. The maximum absolute atomic E-state index is 12.7. The number of rotatable bonds is 8. The van der Waals surface area contributed by atoms with E-state index in [0.717, 1.165) is 10.7 Å². The average Bonchev–Trinajstić information content (AvgIpc) is 3.36.